The molecule has 0 atom stereocenters. The average Bonchev–Trinajstić information content (AvgIpc) is 2.19. The van der Waals surface area contributed by atoms with E-state index in [1.807, 2.05) is 12.1 Å². The maximum atomic E-state index is 5.81. The summed E-state index contributed by atoms with van der Waals surface area (Å²) >= 11 is 7.62. The second-order valence-electron chi connectivity index (χ2n) is 3.23. The lowest BCUT2D eigenvalue weighted by Crippen LogP contribution is -2.17. The van der Waals surface area contributed by atoms with E-state index in [2.05, 4.69) is 4.98 Å². The van der Waals surface area contributed by atoms with Crippen LogP contribution in [0.5, 0.6) is 0 Å². The van der Waals surface area contributed by atoms with Crippen LogP contribution in [0.4, 0.5) is 0 Å². The maximum Gasteiger partial charge on any atom is 0.130 e. The lowest BCUT2D eigenvalue weighted by Gasteiger charge is -2.20. The number of halogens is 1. The summed E-state index contributed by atoms with van der Waals surface area (Å²) < 4.78 is 5.30. The van der Waals surface area contributed by atoms with E-state index in [0.29, 0.717) is 10.4 Å². The van der Waals surface area contributed by atoms with E-state index >= 15 is 0 Å². The van der Waals surface area contributed by atoms with E-state index in [1.165, 1.54) is 0 Å². The van der Waals surface area contributed by atoms with E-state index < -0.39 is 0 Å². The highest BCUT2D eigenvalue weighted by atomic mass is 35.5. The summed E-state index contributed by atoms with van der Waals surface area (Å²) in [6, 6.07) is 5.75. The molecule has 1 aliphatic heterocycles. The van der Waals surface area contributed by atoms with Crippen LogP contribution >= 0.6 is 23.4 Å². The topological polar surface area (TPSA) is 22.1 Å². The molecule has 0 spiro atoms. The Balaban J connectivity index is 1.95. The van der Waals surface area contributed by atoms with E-state index in [4.69, 9.17) is 16.3 Å². The maximum absolute atomic E-state index is 5.81. The van der Waals surface area contributed by atoms with Crippen LogP contribution in [0.1, 0.15) is 12.8 Å². The first kappa shape index (κ1) is 10.3. The van der Waals surface area contributed by atoms with Gasteiger partial charge in [-0.25, -0.2) is 4.98 Å². The van der Waals surface area contributed by atoms with Crippen molar-refractivity contribution in [3.8, 4) is 0 Å². The number of hydrogen-bond donors (Lipinski definition) is 0. The van der Waals surface area contributed by atoms with E-state index in [1.54, 1.807) is 17.8 Å². The van der Waals surface area contributed by atoms with Gasteiger partial charge in [-0.2, -0.15) is 0 Å². The van der Waals surface area contributed by atoms with Gasteiger partial charge in [0.15, 0.2) is 0 Å². The quantitative estimate of drug-likeness (QED) is 0.728. The van der Waals surface area contributed by atoms with Gasteiger partial charge in [-0.3, -0.25) is 0 Å². The van der Waals surface area contributed by atoms with Gasteiger partial charge in [-0.05, 0) is 25.0 Å². The Labute approximate surface area is 93.0 Å². The molecule has 1 aliphatic rings. The molecule has 0 aliphatic carbocycles. The third-order valence-corrected chi connectivity index (χ3v) is 3.63. The van der Waals surface area contributed by atoms with Gasteiger partial charge in [0.1, 0.15) is 5.15 Å². The summed E-state index contributed by atoms with van der Waals surface area (Å²) in [5, 5.41) is 2.22. The largest absolute Gasteiger partial charge is 0.381 e. The second-order valence-corrected chi connectivity index (χ2v) is 4.94. The number of rotatable bonds is 2. The molecule has 14 heavy (non-hydrogen) atoms. The van der Waals surface area contributed by atoms with Gasteiger partial charge in [0.25, 0.3) is 0 Å². The molecule has 2 heterocycles. The molecule has 0 bridgehead atoms. The zero-order chi connectivity index (χ0) is 9.80. The van der Waals surface area contributed by atoms with Crippen LogP contribution in [-0.2, 0) is 4.74 Å². The van der Waals surface area contributed by atoms with Crippen molar-refractivity contribution in [1.29, 1.82) is 0 Å². The van der Waals surface area contributed by atoms with E-state index in [9.17, 15) is 0 Å². The van der Waals surface area contributed by atoms with E-state index in [-0.39, 0.29) is 0 Å². The third-order valence-electron chi connectivity index (χ3n) is 2.15. The minimum absolute atomic E-state index is 0.571. The van der Waals surface area contributed by atoms with Crippen molar-refractivity contribution in [3.63, 3.8) is 0 Å². The molecule has 1 saturated heterocycles. The summed E-state index contributed by atoms with van der Waals surface area (Å²) in [7, 11) is 0. The predicted molar refractivity (Wildman–Crippen MR) is 58.9 cm³/mol. The fraction of sp³-hybridized carbons (Fsp3) is 0.500. The highest BCUT2D eigenvalue weighted by Gasteiger charge is 2.15. The number of nitrogens with zero attached hydrogens (tertiary/aromatic N) is 1. The summed E-state index contributed by atoms with van der Waals surface area (Å²) in [6.07, 6.45) is 2.22. The molecule has 0 unspecified atom stereocenters. The van der Waals surface area contributed by atoms with Crippen molar-refractivity contribution >= 4 is 23.4 Å². The normalized spacial score (nSPS) is 18.4. The summed E-state index contributed by atoms with van der Waals surface area (Å²) in [5.74, 6) is 0. The standard InChI is InChI=1S/C10H12ClNOS/c11-9-2-1-3-10(12-9)14-8-4-6-13-7-5-8/h1-3,8H,4-7H2. The van der Waals surface area contributed by atoms with Crippen LogP contribution in [0, 0.1) is 0 Å². The molecule has 4 heteroatoms. The molecule has 0 amide bonds. The minimum Gasteiger partial charge on any atom is -0.381 e. The minimum atomic E-state index is 0.571. The predicted octanol–water partition coefficient (Wildman–Crippen LogP) is 3.01. The molecule has 1 fully saturated rings. The Bertz CT molecular complexity index is 302. The van der Waals surface area contributed by atoms with Crippen LogP contribution in [-0.4, -0.2) is 23.4 Å². The molecule has 2 rings (SSSR count). The molecule has 0 aromatic carbocycles. The summed E-state index contributed by atoms with van der Waals surface area (Å²) in [4.78, 5) is 4.25. The van der Waals surface area contributed by atoms with Crippen molar-refractivity contribution in [1.82, 2.24) is 4.98 Å². The molecule has 2 nitrogen and oxygen atoms in total. The highest BCUT2D eigenvalue weighted by molar-refractivity contribution is 7.99. The summed E-state index contributed by atoms with van der Waals surface area (Å²) in [6.45, 7) is 1.75. The number of ether oxygens (including phenoxy) is 1. The van der Waals surface area contributed by atoms with Gasteiger partial charge in [-0.1, -0.05) is 17.7 Å². The van der Waals surface area contributed by atoms with Crippen molar-refractivity contribution < 1.29 is 4.74 Å². The molecule has 0 saturated carbocycles. The van der Waals surface area contributed by atoms with Gasteiger partial charge < -0.3 is 4.74 Å². The number of hydrogen-bond acceptors (Lipinski definition) is 3. The van der Waals surface area contributed by atoms with Crippen molar-refractivity contribution in [2.45, 2.75) is 23.1 Å². The Morgan fingerprint density at radius 3 is 2.86 bits per heavy atom. The smallest absolute Gasteiger partial charge is 0.130 e. The van der Waals surface area contributed by atoms with E-state index in [0.717, 1.165) is 31.1 Å². The zero-order valence-electron chi connectivity index (χ0n) is 7.78. The molecular weight excluding hydrogens is 218 g/mol. The monoisotopic (exact) mass is 229 g/mol. The number of pyridine rings is 1. The molecular formula is C10H12ClNOS. The van der Waals surface area contributed by atoms with Gasteiger partial charge in [0.05, 0.1) is 5.03 Å². The molecule has 1 aromatic heterocycles. The Morgan fingerprint density at radius 1 is 1.36 bits per heavy atom. The first-order valence-electron chi connectivity index (χ1n) is 4.71. The molecule has 0 radical (unpaired) electrons. The van der Waals surface area contributed by atoms with Crippen LogP contribution < -0.4 is 0 Å². The Morgan fingerprint density at radius 2 is 2.14 bits per heavy atom. The fourth-order valence-electron chi connectivity index (χ4n) is 1.42. The number of aromatic nitrogens is 1. The van der Waals surface area contributed by atoms with Crippen LogP contribution in [0.25, 0.3) is 0 Å². The second kappa shape index (κ2) is 5.01. The first-order chi connectivity index (χ1) is 6.84. The SMILES string of the molecule is Clc1cccc(SC2CCOCC2)n1. The molecule has 76 valence electrons. The van der Waals surface area contributed by atoms with Crippen LogP contribution in [0.2, 0.25) is 5.15 Å². The number of thioether (sulfide) groups is 1. The zero-order valence-corrected chi connectivity index (χ0v) is 9.35. The fourth-order valence-corrected chi connectivity index (χ4v) is 2.71. The Kier molecular flexibility index (Phi) is 3.67. The van der Waals surface area contributed by atoms with Gasteiger partial charge in [0, 0.05) is 18.5 Å². The average molecular weight is 230 g/mol. The van der Waals surface area contributed by atoms with Crippen LogP contribution in [0.15, 0.2) is 23.2 Å². The van der Waals surface area contributed by atoms with Gasteiger partial charge in [0.2, 0.25) is 0 Å². The molecule has 0 N–H and O–H groups in total. The van der Waals surface area contributed by atoms with Crippen molar-refractivity contribution in [2.75, 3.05) is 13.2 Å². The summed E-state index contributed by atoms with van der Waals surface area (Å²) in [5.41, 5.74) is 0. The van der Waals surface area contributed by atoms with Crippen molar-refractivity contribution in [2.24, 2.45) is 0 Å². The van der Waals surface area contributed by atoms with Gasteiger partial charge in [-0.15, -0.1) is 11.8 Å². The molecule has 1 aromatic rings. The lowest BCUT2D eigenvalue weighted by atomic mass is 10.2. The lowest BCUT2D eigenvalue weighted by molar-refractivity contribution is 0.1000. The van der Waals surface area contributed by atoms with Crippen molar-refractivity contribution in [3.05, 3.63) is 23.4 Å². The highest BCUT2D eigenvalue weighted by Crippen LogP contribution is 2.28. The third kappa shape index (κ3) is 2.87. The first-order valence-corrected chi connectivity index (χ1v) is 5.97. The Hall–Kier alpha value is -0.250. The van der Waals surface area contributed by atoms with Gasteiger partial charge >= 0.3 is 0 Å². The van der Waals surface area contributed by atoms with Crippen LogP contribution in [0.3, 0.4) is 0 Å².